The van der Waals surface area contributed by atoms with Crippen LogP contribution in [-0.2, 0) is 0 Å². The number of aromatic amines is 1. The first kappa shape index (κ1) is 13.5. The number of rotatable bonds is 3. The van der Waals surface area contributed by atoms with E-state index in [-0.39, 0.29) is 16.8 Å². The summed E-state index contributed by atoms with van der Waals surface area (Å²) in [6.07, 6.45) is 2.72. The summed E-state index contributed by atoms with van der Waals surface area (Å²) in [7, 11) is 1.43. The van der Waals surface area contributed by atoms with Crippen molar-refractivity contribution in [3.63, 3.8) is 0 Å². The Balaban J connectivity index is 2.45. The number of pyridine rings is 1. The first-order valence-corrected chi connectivity index (χ1v) is 5.80. The van der Waals surface area contributed by atoms with Crippen LogP contribution < -0.4 is 10.3 Å². The zero-order valence-corrected chi connectivity index (χ0v) is 10.7. The molecule has 0 bridgehead atoms. The van der Waals surface area contributed by atoms with Gasteiger partial charge in [0.05, 0.1) is 11.3 Å². The molecule has 0 fully saturated rings. The van der Waals surface area contributed by atoms with Gasteiger partial charge in [0, 0.05) is 25.5 Å². The van der Waals surface area contributed by atoms with Crippen LogP contribution in [0, 0.1) is 0 Å². The number of carbonyl (C=O) groups excluding carboxylic acids is 1. The summed E-state index contributed by atoms with van der Waals surface area (Å²) in [6, 6.07) is 7.35. The lowest BCUT2D eigenvalue weighted by atomic mass is 10.1. The molecule has 2 N–H and O–H groups in total. The minimum Gasteiger partial charge on any atom is -0.478 e. The molecule has 20 heavy (non-hydrogen) atoms. The van der Waals surface area contributed by atoms with Gasteiger partial charge in [0.1, 0.15) is 5.56 Å². The van der Waals surface area contributed by atoms with Crippen molar-refractivity contribution in [2.45, 2.75) is 0 Å². The molecule has 0 spiro atoms. The number of amides is 1. The molecule has 102 valence electrons. The maximum absolute atomic E-state index is 12.3. The minimum absolute atomic E-state index is 0.00397. The maximum atomic E-state index is 12.3. The van der Waals surface area contributed by atoms with E-state index in [4.69, 9.17) is 5.11 Å². The largest absolute Gasteiger partial charge is 0.478 e. The number of benzene rings is 1. The van der Waals surface area contributed by atoms with Crippen LogP contribution in [0.4, 0.5) is 5.69 Å². The number of hydrogen-bond donors (Lipinski definition) is 2. The fourth-order valence-electron chi connectivity index (χ4n) is 1.82. The van der Waals surface area contributed by atoms with E-state index in [1.807, 2.05) is 0 Å². The van der Waals surface area contributed by atoms with Gasteiger partial charge in [-0.3, -0.25) is 9.59 Å². The molecule has 0 saturated carbocycles. The van der Waals surface area contributed by atoms with E-state index in [0.29, 0.717) is 0 Å². The molecule has 1 amide bonds. The van der Waals surface area contributed by atoms with Crippen LogP contribution in [0.25, 0.3) is 0 Å². The Labute approximate surface area is 114 Å². The Morgan fingerprint density at radius 1 is 1.15 bits per heavy atom. The highest BCUT2D eigenvalue weighted by Crippen LogP contribution is 2.20. The number of H-pyrrole nitrogens is 1. The average molecular weight is 272 g/mol. The quantitative estimate of drug-likeness (QED) is 0.882. The molecule has 6 nitrogen and oxygen atoms in total. The van der Waals surface area contributed by atoms with Gasteiger partial charge in [-0.2, -0.15) is 0 Å². The van der Waals surface area contributed by atoms with Crippen molar-refractivity contribution in [1.29, 1.82) is 0 Å². The molecule has 0 aliphatic heterocycles. The Hall–Kier alpha value is -2.89. The van der Waals surface area contributed by atoms with Crippen molar-refractivity contribution < 1.29 is 14.7 Å². The molecule has 0 atom stereocenters. The van der Waals surface area contributed by atoms with Gasteiger partial charge in [-0.05, 0) is 12.1 Å². The molecule has 2 rings (SSSR count). The molecule has 0 unspecified atom stereocenters. The van der Waals surface area contributed by atoms with Gasteiger partial charge in [0.15, 0.2) is 5.43 Å². The SMILES string of the molecule is CN(C(=O)c1c[nH]ccc1=O)c1ccccc1C(=O)O. The number of hydrogen-bond acceptors (Lipinski definition) is 3. The normalized spacial score (nSPS) is 10.1. The third-order valence-electron chi connectivity index (χ3n) is 2.85. The van der Waals surface area contributed by atoms with E-state index >= 15 is 0 Å². The molecule has 2 aromatic rings. The Morgan fingerprint density at radius 2 is 1.85 bits per heavy atom. The van der Waals surface area contributed by atoms with Gasteiger partial charge in [0.2, 0.25) is 0 Å². The van der Waals surface area contributed by atoms with Crippen molar-refractivity contribution in [3.8, 4) is 0 Å². The number of para-hydroxylation sites is 1. The summed E-state index contributed by atoms with van der Waals surface area (Å²) in [4.78, 5) is 38.8. The van der Waals surface area contributed by atoms with Crippen molar-refractivity contribution >= 4 is 17.6 Å². The topological polar surface area (TPSA) is 90.5 Å². The zero-order valence-electron chi connectivity index (χ0n) is 10.7. The fraction of sp³-hybridized carbons (Fsp3) is 0.0714. The van der Waals surface area contributed by atoms with Gasteiger partial charge in [-0.1, -0.05) is 12.1 Å². The second-order valence-electron chi connectivity index (χ2n) is 4.11. The second kappa shape index (κ2) is 5.40. The summed E-state index contributed by atoms with van der Waals surface area (Å²) in [5.41, 5.74) is -0.243. The summed E-state index contributed by atoms with van der Waals surface area (Å²) in [6.45, 7) is 0. The molecule has 6 heteroatoms. The van der Waals surface area contributed by atoms with Gasteiger partial charge < -0.3 is 15.0 Å². The minimum atomic E-state index is -1.14. The van der Waals surface area contributed by atoms with E-state index in [0.717, 1.165) is 4.90 Å². The van der Waals surface area contributed by atoms with Crippen LogP contribution in [-0.4, -0.2) is 29.0 Å². The van der Waals surface area contributed by atoms with Crippen molar-refractivity contribution in [3.05, 3.63) is 64.1 Å². The van der Waals surface area contributed by atoms with Crippen LogP contribution in [0.5, 0.6) is 0 Å². The predicted molar refractivity (Wildman–Crippen MR) is 73.2 cm³/mol. The highest BCUT2D eigenvalue weighted by atomic mass is 16.4. The van der Waals surface area contributed by atoms with E-state index in [9.17, 15) is 14.4 Å². The third-order valence-corrected chi connectivity index (χ3v) is 2.85. The van der Waals surface area contributed by atoms with Crippen LogP contribution >= 0.6 is 0 Å². The van der Waals surface area contributed by atoms with Crippen LogP contribution in [0.2, 0.25) is 0 Å². The Bertz CT molecular complexity index is 721. The number of carbonyl (C=O) groups is 2. The fourth-order valence-corrected chi connectivity index (χ4v) is 1.82. The Morgan fingerprint density at radius 3 is 2.50 bits per heavy atom. The average Bonchev–Trinajstić information content (AvgIpc) is 2.46. The molecule has 0 saturated heterocycles. The number of carboxylic acids is 1. The number of aromatic carboxylic acids is 1. The Kier molecular flexibility index (Phi) is 3.65. The molecule has 0 radical (unpaired) electrons. The van der Waals surface area contributed by atoms with Crippen LogP contribution in [0.15, 0.2) is 47.5 Å². The molecule has 0 aliphatic carbocycles. The lowest BCUT2D eigenvalue weighted by Gasteiger charge is -2.18. The summed E-state index contributed by atoms with van der Waals surface area (Å²) in [5.74, 6) is -1.71. The van der Waals surface area contributed by atoms with Crippen LogP contribution in [0.1, 0.15) is 20.7 Å². The number of anilines is 1. The molecule has 1 aromatic carbocycles. The van der Waals surface area contributed by atoms with Gasteiger partial charge in [0.25, 0.3) is 5.91 Å². The highest BCUT2D eigenvalue weighted by molar-refractivity contribution is 6.08. The van der Waals surface area contributed by atoms with E-state index < -0.39 is 17.3 Å². The van der Waals surface area contributed by atoms with Gasteiger partial charge in [-0.15, -0.1) is 0 Å². The van der Waals surface area contributed by atoms with Gasteiger partial charge in [-0.25, -0.2) is 4.79 Å². The van der Waals surface area contributed by atoms with E-state index in [2.05, 4.69) is 4.98 Å². The lowest BCUT2D eigenvalue weighted by molar-refractivity contribution is 0.0697. The standard InChI is InChI=1S/C14H12N2O4/c1-16(11-5-3-2-4-9(11)14(19)20)13(18)10-8-15-7-6-12(10)17/h2-8H,1H3,(H,15,17)(H,19,20). The molecular weight excluding hydrogens is 260 g/mol. The molecule has 1 aromatic heterocycles. The molecular formula is C14H12N2O4. The monoisotopic (exact) mass is 272 g/mol. The summed E-state index contributed by atoms with van der Waals surface area (Å²) in [5, 5.41) is 9.12. The number of nitrogens with zero attached hydrogens (tertiary/aromatic N) is 1. The predicted octanol–water partition coefficient (Wildman–Crippen LogP) is 1.35. The molecule has 1 heterocycles. The number of aromatic nitrogens is 1. The lowest BCUT2D eigenvalue weighted by Crippen LogP contribution is -2.31. The maximum Gasteiger partial charge on any atom is 0.337 e. The van der Waals surface area contributed by atoms with E-state index in [1.165, 1.54) is 37.6 Å². The summed E-state index contributed by atoms with van der Waals surface area (Å²) >= 11 is 0. The smallest absolute Gasteiger partial charge is 0.337 e. The van der Waals surface area contributed by atoms with Crippen molar-refractivity contribution in [2.75, 3.05) is 11.9 Å². The van der Waals surface area contributed by atoms with Crippen LogP contribution in [0.3, 0.4) is 0 Å². The highest BCUT2D eigenvalue weighted by Gasteiger charge is 2.20. The van der Waals surface area contributed by atoms with Crippen molar-refractivity contribution in [1.82, 2.24) is 4.98 Å². The van der Waals surface area contributed by atoms with E-state index in [1.54, 1.807) is 12.1 Å². The second-order valence-corrected chi connectivity index (χ2v) is 4.11. The molecule has 0 aliphatic rings. The van der Waals surface area contributed by atoms with Crippen molar-refractivity contribution in [2.24, 2.45) is 0 Å². The van der Waals surface area contributed by atoms with Gasteiger partial charge >= 0.3 is 5.97 Å². The first-order valence-electron chi connectivity index (χ1n) is 5.80. The third kappa shape index (κ3) is 2.44. The number of nitrogens with one attached hydrogen (secondary N) is 1. The summed E-state index contributed by atoms with van der Waals surface area (Å²) < 4.78 is 0. The number of carboxylic acid groups (broad SMARTS) is 1. The zero-order chi connectivity index (χ0) is 14.7. The first-order chi connectivity index (χ1) is 9.52.